The van der Waals surface area contributed by atoms with E-state index in [-0.39, 0.29) is 23.6 Å². The smallest absolute Gasteiger partial charge is 0.377 e. The maximum Gasteiger partial charge on any atom is 0.418 e. The molecule has 1 aliphatic heterocycles. The lowest BCUT2D eigenvalue weighted by atomic mass is 9.76. The van der Waals surface area contributed by atoms with Crippen LogP contribution in [-0.4, -0.2) is 0 Å². The third-order valence-electron chi connectivity index (χ3n) is 5.07. The van der Waals surface area contributed by atoms with Crippen LogP contribution < -0.4 is 5.32 Å². The van der Waals surface area contributed by atoms with Crippen LogP contribution in [0.3, 0.4) is 0 Å². The molecule has 0 saturated heterocycles. The first kappa shape index (κ1) is 18.0. The average Bonchev–Trinajstić information content (AvgIpc) is 3.02. The van der Waals surface area contributed by atoms with E-state index < -0.39 is 11.7 Å². The number of allylic oxidation sites excluding steroid dienone is 2. The van der Waals surface area contributed by atoms with Gasteiger partial charge in [-0.3, -0.25) is 0 Å². The van der Waals surface area contributed by atoms with Crippen molar-refractivity contribution in [1.82, 2.24) is 0 Å². The molecular formula is C19H13Cl3F3N. The molecule has 0 saturated carbocycles. The summed E-state index contributed by atoms with van der Waals surface area (Å²) in [5.74, 6) is -0.167. The van der Waals surface area contributed by atoms with E-state index in [9.17, 15) is 13.2 Å². The Morgan fingerprint density at radius 1 is 1.00 bits per heavy atom. The minimum Gasteiger partial charge on any atom is -0.377 e. The second-order valence-corrected chi connectivity index (χ2v) is 7.77. The first-order chi connectivity index (χ1) is 12.3. The Labute approximate surface area is 163 Å². The minimum atomic E-state index is -4.48. The highest BCUT2D eigenvalue weighted by Gasteiger charge is 2.44. The van der Waals surface area contributed by atoms with Gasteiger partial charge in [0, 0.05) is 26.5 Å². The van der Waals surface area contributed by atoms with Crippen LogP contribution in [0.15, 0.2) is 42.5 Å². The van der Waals surface area contributed by atoms with Gasteiger partial charge in [0.25, 0.3) is 0 Å². The molecule has 1 aliphatic carbocycles. The number of hydrogen-bond acceptors (Lipinski definition) is 1. The third kappa shape index (κ3) is 2.88. The largest absolute Gasteiger partial charge is 0.418 e. The maximum atomic E-state index is 13.6. The van der Waals surface area contributed by atoms with Gasteiger partial charge in [-0.05, 0) is 42.2 Å². The van der Waals surface area contributed by atoms with Crippen LogP contribution in [0.25, 0.3) is 0 Å². The van der Waals surface area contributed by atoms with Gasteiger partial charge in [-0.15, -0.1) is 0 Å². The fraction of sp³-hybridized carbons (Fsp3) is 0.263. The lowest BCUT2D eigenvalue weighted by Crippen LogP contribution is -2.31. The van der Waals surface area contributed by atoms with Crippen LogP contribution >= 0.6 is 34.8 Å². The van der Waals surface area contributed by atoms with Crippen molar-refractivity contribution in [3.8, 4) is 0 Å². The number of halogens is 6. The highest BCUT2D eigenvalue weighted by Crippen LogP contribution is 2.55. The fourth-order valence-electron chi connectivity index (χ4n) is 3.96. The zero-order valence-electron chi connectivity index (χ0n) is 13.2. The number of nitrogens with one attached hydrogen (secondary N) is 1. The van der Waals surface area contributed by atoms with Crippen LogP contribution in [0.4, 0.5) is 18.9 Å². The Bertz CT molecular complexity index is 908. The molecule has 2 aromatic rings. The molecule has 26 heavy (non-hydrogen) atoms. The van der Waals surface area contributed by atoms with Crippen LogP contribution in [0, 0.1) is 5.92 Å². The summed E-state index contributed by atoms with van der Waals surface area (Å²) in [6.07, 6.45) is 0.172. The summed E-state index contributed by atoms with van der Waals surface area (Å²) in [6.45, 7) is 0. The van der Waals surface area contributed by atoms with Gasteiger partial charge < -0.3 is 5.32 Å². The van der Waals surface area contributed by atoms with Gasteiger partial charge in [-0.2, -0.15) is 13.2 Å². The predicted molar refractivity (Wildman–Crippen MR) is 99.3 cm³/mol. The van der Waals surface area contributed by atoms with Gasteiger partial charge in [0.2, 0.25) is 0 Å². The number of hydrogen-bond donors (Lipinski definition) is 1. The van der Waals surface area contributed by atoms with Crippen LogP contribution in [-0.2, 0) is 6.18 Å². The van der Waals surface area contributed by atoms with Crippen LogP contribution in [0.5, 0.6) is 0 Å². The quantitative estimate of drug-likeness (QED) is 0.473. The summed E-state index contributed by atoms with van der Waals surface area (Å²) in [7, 11) is 0. The number of alkyl halides is 3. The molecule has 0 fully saturated rings. The second kappa shape index (κ2) is 6.36. The number of fused-ring (bicyclic) bond motifs is 3. The van der Waals surface area contributed by atoms with Crippen molar-refractivity contribution in [3.05, 3.63) is 74.2 Å². The van der Waals surface area contributed by atoms with Crippen molar-refractivity contribution in [2.75, 3.05) is 5.32 Å². The lowest BCUT2D eigenvalue weighted by Gasteiger charge is -2.39. The molecule has 7 heteroatoms. The van der Waals surface area contributed by atoms with E-state index in [2.05, 4.69) is 5.32 Å². The first-order valence-electron chi connectivity index (χ1n) is 8.05. The monoisotopic (exact) mass is 417 g/mol. The van der Waals surface area contributed by atoms with Crippen molar-refractivity contribution in [3.63, 3.8) is 0 Å². The van der Waals surface area contributed by atoms with Crippen molar-refractivity contribution in [2.24, 2.45) is 5.92 Å². The highest BCUT2D eigenvalue weighted by atomic mass is 35.5. The minimum absolute atomic E-state index is 0.0298. The molecule has 0 aromatic heterocycles. The molecular weight excluding hydrogens is 406 g/mol. The van der Waals surface area contributed by atoms with Gasteiger partial charge in [0.15, 0.2) is 0 Å². The molecule has 2 aliphatic rings. The van der Waals surface area contributed by atoms with Crippen molar-refractivity contribution >= 4 is 40.5 Å². The van der Waals surface area contributed by atoms with Crippen LogP contribution in [0.2, 0.25) is 15.1 Å². The SMILES string of the molecule is FC(F)(F)c1ccc(Cl)c2c1N[C@H](c1ccc(Cl)cc1Cl)[C@H]1CC=C[C@H]21. The Kier molecular flexibility index (Phi) is 4.41. The van der Waals surface area contributed by atoms with Crippen molar-refractivity contribution < 1.29 is 13.2 Å². The standard InChI is InChI=1S/C19H13Cl3F3N/c20-9-4-5-12(15(22)8-9)17-11-3-1-2-10(11)16-14(21)7-6-13(18(16)26-17)19(23,24)25/h1-2,4-8,10-11,17,26H,3H2/t10-,11-,17-/m0/s1. The van der Waals surface area contributed by atoms with Crippen molar-refractivity contribution in [1.29, 1.82) is 0 Å². The summed E-state index contributed by atoms with van der Waals surface area (Å²) in [6, 6.07) is 7.04. The molecule has 1 heterocycles. The molecule has 4 rings (SSSR count). The van der Waals surface area contributed by atoms with E-state index in [1.54, 1.807) is 18.2 Å². The summed E-state index contributed by atoms with van der Waals surface area (Å²) in [4.78, 5) is 0. The van der Waals surface area contributed by atoms with Gasteiger partial charge in [-0.25, -0.2) is 0 Å². The summed E-state index contributed by atoms with van der Waals surface area (Å²) >= 11 is 18.6. The zero-order valence-corrected chi connectivity index (χ0v) is 15.5. The molecule has 136 valence electrons. The van der Waals surface area contributed by atoms with Gasteiger partial charge in [0.1, 0.15) is 0 Å². The topological polar surface area (TPSA) is 12.0 Å². The normalized spacial score (nSPS) is 24.2. The van der Waals surface area contributed by atoms with Crippen LogP contribution in [0.1, 0.15) is 35.1 Å². The first-order valence-corrected chi connectivity index (χ1v) is 9.18. The Morgan fingerprint density at radius 3 is 2.46 bits per heavy atom. The molecule has 0 unspecified atom stereocenters. The number of rotatable bonds is 1. The average molecular weight is 419 g/mol. The molecule has 0 amide bonds. The molecule has 0 radical (unpaired) electrons. The molecule has 0 spiro atoms. The van der Waals surface area contributed by atoms with E-state index in [0.29, 0.717) is 20.6 Å². The molecule has 1 N–H and O–H groups in total. The van der Waals surface area contributed by atoms with E-state index in [0.717, 1.165) is 18.1 Å². The zero-order chi connectivity index (χ0) is 18.6. The Balaban J connectivity index is 1.90. The maximum absolute atomic E-state index is 13.6. The third-order valence-corrected chi connectivity index (χ3v) is 5.96. The number of anilines is 1. The molecule has 1 nitrogen and oxygen atoms in total. The Hall–Kier alpha value is -1.36. The van der Waals surface area contributed by atoms with Gasteiger partial charge >= 0.3 is 6.18 Å². The van der Waals surface area contributed by atoms with Gasteiger partial charge in [-0.1, -0.05) is 53.0 Å². The van der Waals surface area contributed by atoms with E-state index in [4.69, 9.17) is 34.8 Å². The van der Waals surface area contributed by atoms with Crippen molar-refractivity contribution in [2.45, 2.75) is 24.6 Å². The number of benzene rings is 2. The van der Waals surface area contributed by atoms with E-state index in [1.165, 1.54) is 6.07 Å². The second-order valence-electron chi connectivity index (χ2n) is 6.52. The van der Waals surface area contributed by atoms with E-state index >= 15 is 0 Å². The summed E-state index contributed by atoms with van der Waals surface area (Å²) in [5, 5.41) is 4.34. The van der Waals surface area contributed by atoms with E-state index in [1.807, 2.05) is 12.2 Å². The lowest BCUT2D eigenvalue weighted by molar-refractivity contribution is -0.137. The summed E-state index contributed by atoms with van der Waals surface area (Å²) in [5.41, 5.74) is 0.551. The molecule has 0 bridgehead atoms. The summed E-state index contributed by atoms with van der Waals surface area (Å²) < 4.78 is 40.7. The molecule has 2 aromatic carbocycles. The Morgan fingerprint density at radius 2 is 1.77 bits per heavy atom. The predicted octanol–water partition coefficient (Wildman–Crippen LogP) is 7.49. The fourth-order valence-corrected chi connectivity index (χ4v) is 4.77. The molecule has 3 atom stereocenters. The highest BCUT2D eigenvalue weighted by molar-refractivity contribution is 6.35. The van der Waals surface area contributed by atoms with Gasteiger partial charge in [0.05, 0.1) is 17.3 Å².